The lowest BCUT2D eigenvalue weighted by atomic mass is 10.0. The van der Waals surface area contributed by atoms with Gasteiger partial charge < -0.3 is 10.5 Å². The van der Waals surface area contributed by atoms with Crippen molar-refractivity contribution in [3.63, 3.8) is 0 Å². The highest BCUT2D eigenvalue weighted by Gasteiger charge is 2.12. The molecule has 0 spiro atoms. The van der Waals surface area contributed by atoms with Gasteiger partial charge in [-0.3, -0.25) is 0 Å². The summed E-state index contributed by atoms with van der Waals surface area (Å²) in [6.07, 6.45) is 1.95. The summed E-state index contributed by atoms with van der Waals surface area (Å²) in [4.78, 5) is 8.05. The van der Waals surface area contributed by atoms with E-state index in [0.717, 1.165) is 5.56 Å². The van der Waals surface area contributed by atoms with Crippen LogP contribution < -0.4 is 10.5 Å². The van der Waals surface area contributed by atoms with Gasteiger partial charge in [0.25, 0.3) is 0 Å². The monoisotopic (exact) mass is 325 g/mol. The number of nitrogens with zero attached hydrogens (tertiary/aromatic N) is 2. The van der Waals surface area contributed by atoms with Crippen LogP contribution in [0.25, 0.3) is 0 Å². The van der Waals surface area contributed by atoms with Crippen LogP contribution in [-0.2, 0) is 6.42 Å². The quantitative estimate of drug-likeness (QED) is 0.938. The normalized spacial score (nSPS) is 12.2. The fraction of sp³-hybridized carbons (Fsp3) is 0.231. The van der Waals surface area contributed by atoms with Gasteiger partial charge in [0.2, 0.25) is 5.88 Å². The van der Waals surface area contributed by atoms with Crippen molar-refractivity contribution in [1.82, 2.24) is 9.97 Å². The molecule has 6 heteroatoms. The van der Waals surface area contributed by atoms with E-state index in [-0.39, 0.29) is 11.9 Å². The molecule has 4 nitrogen and oxygen atoms in total. The maximum absolute atomic E-state index is 13.0. The summed E-state index contributed by atoms with van der Waals surface area (Å²) in [6.45, 7) is 0. The Labute approximate surface area is 119 Å². The standard InChI is InChI=1S/C13H13BrFN3O/c1-19-13-6-12(17-7-18-13)11(16)4-8-2-3-9(15)5-10(8)14/h2-3,5-7,11H,4,16H2,1H3. The molecule has 2 aromatic rings. The molecule has 0 saturated carbocycles. The van der Waals surface area contributed by atoms with Crippen LogP contribution in [0.5, 0.6) is 5.88 Å². The van der Waals surface area contributed by atoms with Gasteiger partial charge in [-0.1, -0.05) is 22.0 Å². The third kappa shape index (κ3) is 3.48. The SMILES string of the molecule is COc1cc(C(N)Cc2ccc(F)cc2Br)ncn1. The minimum atomic E-state index is -0.307. The van der Waals surface area contributed by atoms with E-state index in [0.29, 0.717) is 22.5 Å². The zero-order valence-electron chi connectivity index (χ0n) is 10.3. The van der Waals surface area contributed by atoms with Gasteiger partial charge >= 0.3 is 0 Å². The Balaban J connectivity index is 2.17. The largest absolute Gasteiger partial charge is 0.481 e. The summed E-state index contributed by atoms with van der Waals surface area (Å²) >= 11 is 3.32. The van der Waals surface area contributed by atoms with Crippen molar-refractivity contribution in [3.8, 4) is 5.88 Å². The van der Waals surface area contributed by atoms with Gasteiger partial charge in [-0.05, 0) is 24.1 Å². The molecule has 1 unspecified atom stereocenters. The summed E-state index contributed by atoms with van der Waals surface area (Å²) < 4.78 is 18.7. The number of aromatic nitrogens is 2. The fourth-order valence-electron chi connectivity index (χ4n) is 1.70. The lowest BCUT2D eigenvalue weighted by Gasteiger charge is -2.13. The van der Waals surface area contributed by atoms with Crippen LogP contribution in [0.15, 0.2) is 35.1 Å². The van der Waals surface area contributed by atoms with Crippen molar-refractivity contribution in [3.05, 3.63) is 52.1 Å². The van der Waals surface area contributed by atoms with Gasteiger partial charge in [0.05, 0.1) is 18.8 Å². The van der Waals surface area contributed by atoms with Gasteiger partial charge in [0.1, 0.15) is 12.1 Å². The Morgan fingerprint density at radius 1 is 1.37 bits per heavy atom. The van der Waals surface area contributed by atoms with Crippen molar-refractivity contribution >= 4 is 15.9 Å². The lowest BCUT2D eigenvalue weighted by molar-refractivity contribution is 0.395. The number of ether oxygens (including phenoxy) is 1. The van der Waals surface area contributed by atoms with E-state index < -0.39 is 0 Å². The molecule has 2 rings (SSSR count). The first-order valence-electron chi connectivity index (χ1n) is 5.65. The highest BCUT2D eigenvalue weighted by Crippen LogP contribution is 2.23. The fourth-order valence-corrected chi connectivity index (χ4v) is 2.21. The molecule has 2 N–H and O–H groups in total. The second-order valence-corrected chi connectivity index (χ2v) is 4.89. The maximum Gasteiger partial charge on any atom is 0.216 e. The number of hydrogen-bond donors (Lipinski definition) is 1. The second kappa shape index (κ2) is 6.08. The molecule has 0 saturated heterocycles. The summed E-state index contributed by atoms with van der Waals surface area (Å²) in [5.74, 6) is 0.187. The number of methoxy groups -OCH3 is 1. The molecular formula is C13H13BrFN3O. The molecule has 0 aliphatic rings. The Morgan fingerprint density at radius 3 is 2.84 bits per heavy atom. The average molecular weight is 326 g/mol. The van der Waals surface area contributed by atoms with Gasteiger partial charge in [-0.15, -0.1) is 0 Å². The van der Waals surface area contributed by atoms with E-state index in [4.69, 9.17) is 10.5 Å². The predicted octanol–water partition coefficient (Wildman–Crippen LogP) is 2.63. The minimum absolute atomic E-state index is 0.284. The van der Waals surface area contributed by atoms with Gasteiger partial charge in [0.15, 0.2) is 0 Å². The Bertz CT molecular complexity index is 580. The molecule has 0 aliphatic heterocycles. The van der Waals surface area contributed by atoms with Crippen LogP contribution >= 0.6 is 15.9 Å². The van der Waals surface area contributed by atoms with E-state index in [1.54, 1.807) is 12.1 Å². The van der Waals surface area contributed by atoms with E-state index in [9.17, 15) is 4.39 Å². The molecule has 100 valence electrons. The summed E-state index contributed by atoms with van der Waals surface area (Å²) in [7, 11) is 1.54. The highest BCUT2D eigenvalue weighted by molar-refractivity contribution is 9.10. The molecule has 1 aromatic carbocycles. The molecule has 1 heterocycles. The van der Waals surface area contributed by atoms with E-state index in [2.05, 4.69) is 25.9 Å². The van der Waals surface area contributed by atoms with Gasteiger partial charge in [-0.25, -0.2) is 14.4 Å². The molecular weight excluding hydrogens is 313 g/mol. The lowest BCUT2D eigenvalue weighted by Crippen LogP contribution is -2.15. The zero-order valence-corrected chi connectivity index (χ0v) is 11.9. The van der Waals surface area contributed by atoms with Crippen molar-refractivity contribution in [1.29, 1.82) is 0 Å². The van der Waals surface area contributed by atoms with Crippen molar-refractivity contribution in [2.45, 2.75) is 12.5 Å². The van der Waals surface area contributed by atoms with E-state index in [1.165, 1.54) is 25.6 Å². The van der Waals surface area contributed by atoms with Crippen LogP contribution in [-0.4, -0.2) is 17.1 Å². The Kier molecular flexibility index (Phi) is 4.44. The maximum atomic E-state index is 13.0. The highest BCUT2D eigenvalue weighted by atomic mass is 79.9. The van der Waals surface area contributed by atoms with Crippen LogP contribution in [0.4, 0.5) is 4.39 Å². The van der Waals surface area contributed by atoms with E-state index in [1.807, 2.05) is 0 Å². The van der Waals surface area contributed by atoms with Crippen LogP contribution in [0.1, 0.15) is 17.3 Å². The topological polar surface area (TPSA) is 61.0 Å². The number of rotatable bonds is 4. The number of hydrogen-bond acceptors (Lipinski definition) is 4. The third-order valence-corrected chi connectivity index (χ3v) is 3.45. The first kappa shape index (κ1) is 13.9. The van der Waals surface area contributed by atoms with Gasteiger partial charge in [0, 0.05) is 10.5 Å². The molecule has 19 heavy (non-hydrogen) atoms. The Morgan fingerprint density at radius 2 is 2.16 bits per heavy atom. The smallest absolute Gasteiger partial charge is 0.216 e. The van der Waals surface area contributed by atoms with Crippen LogP contribution in [0.3, 0.4) is 0 Å². The number of halogens is 2. The molecule has 0 radical (unpaired) electrons. The minimum Gasteiger partial charge on any atom is -0.481 e. The van der Waals surface area contributed by atoms with Crippen LogP contribution in [0, 0.1) is 5.82 Å². The first-order valence-corrected chi connectivity index (χ1v) is 6.45. The molecule has 0 fully saturated rings. The third-order valence-electron chi connectivity index (χ3n) is 2.71. The summed E-state index contributed by atoms with van der Waals surface area (Å²) in [5.41, 5.74) is 7.70. The summed E-state index contributed by atoms with van der Waals surface area (Å²) in [5, 5.41) is 0. The summed E-state index contributed by atoms with van der Waals surface area (Å²) in [6, 6.07) is 5.93. The van der Waals surface area contributed by atoms with Crippen molar-refractivity contribution < 1.29 is 9.13 Å². The van der Waals surface area contributed by atoms with Crippen molar-refractivity contribution in [2.75, 3.05) is 7.11 Å². The molecule has 1 aromatic heterocycles. The molecule has 0 amide bonds. The second-order valence-electron chi connectivity index (χ2n) is 4.03. The first-order chi connectivity index (χ1) is 9.10. The van der Waals surface area contributed by atoms with Crippen LogP contribution in [0.2, 0.25) is 0 Å². The molecule has 0 bridgehead atoms. The molecule has 1 atom stereocenters. The molecule has 0 aliphatic carbocycles. The van der Waals surface area contributed by atoms with Crippen molar-refractivity contribution in [2.24, 2.45) is 5.73 Å². The predicted molar refractivity (Wildman–Crippen MR) is 73.3 cm³/mol. The Hall–Kier alpha value is -1.53. The number of nitrogens with two attached hydrogens (primary N) is 1. The zero-order chi connectivity index (χ0) is 13.8. The van der Waals surface area contributed by atoms with Gasteiger partial charge in [-0.2, -0.15) is 0 Å². The average Bonchev–Trinajstić information content (AvgIpc) is 2.42. The number of benzene rings is 1. The van der Waals surface area contributed by atoms with E-state index >= 15 is 0 Å².